The third-order valence-electron chi connectivity index (χ3n) is 7.97. The lowest BCUT2D eigenvalue weighted by Gasteiger charge is -2.23. The molecular weight excluding hydrogens is 666 g/mol. The number of carbonyl (C=O) groups excluding carboxylic acids is 1. The van der Waals surface area contributed by atoms with Gasteiger partial charge in [0.2, 0.25) is 5.91 Å². The average molecular weight is 701 g/mol. The predicted octanol–water partition coefficient (Wildman–Crippen LogP) is 6.57. The van der Waals surface area contributed by atoms with Crippen molar-refractivity contribution < 1.29 is 28.2 Å². The number of aliphatic hydroxyl groups is 2. The number of fused-ring (bicyclic) bond motifs is 1. The summed E-state index contributed by atoms with van der Waals surface area (Å²) in [6, 6.07) is 22.9. The van der Waals surface area contributed by atoms with Crippen LogP contribution < -0.4 is 16.0 Å². The van der Waals surface area contributed by atoms with E-state index >= 15 is 0 Å². The molecule has 5 rings (SSSR count). The number of hydrogen-bond donors (Lipinski definition) is 4. The van der Waals surface area contributed by atoms with E-state index in [1.165, 1.54) is 12.1 Å². The number of halogens is 5. The molecule has 0 saturated carbocycles. The van der Waals surface area contributed by atoms with Crippen LogP contribution in [0, 0.1) is 0 Å². The molecule has 0 radical (unpaired) electrons. The van der Waals surface area contributed by atoms with Crippen molar-refractivity contribution in [1.82, 2.24) is 14.9 Å². The monoisotopic (exact) mass is 699 g/mol. The third-order valence-corrected chi connectivity index (χ3v) is 8.71. The molecule has 48 heavy (non-hydrogen) atoms. The average Bonchev–Trinajstić information content (AvgIpc) is 3.41. The van der Waals surface area contributed by atoms with Crippen LogP contribution in [0.2, 0.25) is 10.0 Å². The number of primary amides is 1. The predicted molar refractivity (Wildman–Crippen MR) is 182 cm³/mol. The highest BCUT2D eigenvalue weighted by molar-refractivity contribution is 6.42. The number of benzene rings is 4. The quantitative estimate of drug-likeness (QED) is 0.104. The maximum atomic E-state index is 13.3. The van der Waals surface area contributed by atoms with Gasteiger partial charge < -0.3 is 30.7 Å². The number of nitrogens with zero attached hydrogens (tertiary/aromatic N) is 3. The Labute approximate surface area is 285 Å². The highest BCUT2D eigenvalue weighted by Crippen LogP contribution is 2.32. The first kappa shape index (κ1) is 35.2. The number of hydrogen-bond acceptors (Lipinski definition) is 6. The van der Waals surface area contributed by atoms with Gasteiger partial charge in [-0.15, -0.1) is 0 Å². The fourth-order valence-corrected chi connectivity index (χ4v) is 5.88. The van der Waals surface area contributed by atoms with Crippen molar-refractivity contribution in [3.8, 4) is 11.4 Å². The Morgan fingerprint density at radius 1 is 0.896 bits per heavy atom. The standard InChI is InChI=1S/C35H34Cl2F3N5O3/c36-28-11-3-23(17-29(28)37)20-42-30(19-33(41)48)25-6-12-32-31(18-25)43-34(24-4-9-27(10-5-24)44(13-15-46)14-16-47)45(32)21-22-1-7-26(8-2-22)35(38,39)40/h1-12,17-18,30,42,46-47H,13-16,19-21H2,(H2,41,48). The fourth-order valence-electron chi connectivity index (χ4n) is 5.56. The Kier molecular flexibility index (Phi) is 11.3. The molecule has 13 heteroatoms. The number of imidazole rings is 1. The Morgan fingerprint density at radius 2 is 1.56 bits per heavy atom. The Bertz CT molecular complexity index is 1860. The summed E-state index contributed by atoms with van der Waals surface area (Å²) in [5.41, 5.74) is 10.1. The minimum absolute atomic E-state index is 0.0194. The first-order valence-corrected chi connectivity index (χ1v) is 15.9. The van der Waals surface area contributed by atoms with Gasteiger partial charge in [0, 0.05) is 49.9 Å². The van der Waals surface area contributed by atoms with Crippen LogP contribution in [-0.2, 0) is 24.1 Å². The van der Waals surface area contributed by atoms with Gasteiger partial charge in [0.25, 0.3) is 0 Å². The molecule has 5 N–H and O–H groups in total. The number of aliphatic hydroxyl groups excluding tert-OH is 2. The first-order chi connectivity index (χ1) is 23.0. The zero-order chi connectivity index (χ0) is 34.4. The SMILES string of the molecule is NC(=O)CC(NCc1ccc(Cl)c(Cl)c1)c1ccc2c(c1)nc(-c1ccc(N(CCO)CCO)cc1)n2Cc1ccc(C(F)(F)F)cc1. The second-order valence-corrected chi connectivity index (χ2v) is 12.1. The maximum absolute atomic E-state index is 13.3. The number of carbonyl (C=O) groups is 1. The summed E-state index contributed by atoms with van der Waals surface area (Å²) in [7, 11) is 0. The van der Waals surface area contributed by atoms with Gasteiger partial charge in [0.1, 0.15) is 5.82 Å². The Balaban J connectivity index is 1.53. The first-order valence-electron chi connectivity index (χ1n) is 15.2. The summed E-state index contributed by atoms with van der Waals surface area (Å²) >= 11 is 12.2. The molecule has 1 aromatic heterocycles. The normalized spacial score (nSPS) is 12.4. The molecule has 0 fully saturated rings. The van der Waals surface area contributed by atoms with E-state index in [9.17, 15) is 28.2 Å². The number of rotatable bonds is 14. The molecule has 1 heterocycles. The second-order valence-electron chi connectivity index (χ2n) is 11.3. The molecule has 0 aliphatic heterocycles. The lowest BCUT2D eigenvalue weighted by atomic mass is 10.0. The number of alkyl halides is 3. The lowest BCUT2D eigenvalue weighted by Crippen LogP contribution is -2.29. The Morgan fingerprint density at radius 3 is 2.17 bits per heavy atom. The summed E-state index contributed by atoms with van der Waals surface area (Å²) in [4.78, 5) is 18.9. The smallest absolute Gasteiger partial charge is 0.395 e. The minimum atomic E-state index is -4.45. The van der Waals surface area contributed by atoms with Crippen LogP contribution in [0.5, 0.6) is 0 Å². The number of nitrogens with one attached hydrogen (secondary N) is 1. The van der Waals surface area contributed by atoms with Gasteiger partial charge in [-0.05, 0) is 77.4 Å². The highest BCUT2D eigenvalue weighted by atomic mass is 35.5. The molecule has 0 saturated heterocycles. The van der Waals surface area contributed by atoms with Crippen LogP contribution in [0.25, 0.3) is 22.4 Å². The molecule has 5 aromatic rings. The zero-order valence-corrected chi connectivity index (χ0v) is 27.2. The number of amides is 1. The van der Waals surface area contributed by atoms with Crippen molar-refractivity contribution >= 4 is 45.8 Å². The molecule has 4 aromatic carbocycles. The van der Waals surface area contributed by atoms with Gasteiger partial charge in [-0.2, -0.15) is 13.2 Å². The van der Waals surface area contributed by atoms with Gasteiger partial charge in [-0.25, -0.2) is 4.98 Å². The summed E-state index contributed by atoms with van der Waals surface area (Å²) in [6.07, 6.45) is -4.43. The van der Waals surface area contributed by atoms with Crippen LogP contribution in [0.4, 0.5) is 18.9 Å². The maximum Gasteiger partial charge on any atom is 0.416 e. The summed E-state index contributed by atoms with van der Waals surface area (Å²) in [6.45, 7) is 1.17. The molecule has 0 aliphatic rings. The van der Waals surface area contributed by atoms with Crippen LogP contribution in [0.15, 0.2) is 84.9 Å². The molecular formula is C35H34Cl2F3N5O3. The van der Waals surface area contributed by atoms with Gasteiger partial charge in [0.15, 0.2) is 0 Å². The topological polar surface area (TPSA) is 117 Å². The van der Waals surface area contributed by atoms with E-state index in [4.69, 9.17) is 33.9 Å². The van der Waals surface area contributed by atoms with E-state index in [0.717, 1.165) is 40.0 Å². The number of aromatic nitrogens is 2. The number of anilines is 1. The molecule has 1 unspecified atom stereocenters. The van der Waals surface area contributed by atoms with E-state index in [0.29, 0.717) is 46.6 Å². The van der Waals surface area contributed by atoms with E-state index in [1.54, 1.807) is 12.1 Å². The van der Waals surface area contributed by atoms with Crippen LogP contribution >= 0.6 is 23.2 Å². The fraction of sp³-hybridized carbons (Fsp3) is 0.257. The summed E-state index contributed by atoms with van der Waals surface area (Å²) < 4.78 is 41.7. The molecule has 8 nitrogen and oxygen atoms in total. The molecule has 0 aliphatic carbocycles. The lowest BCUT2D eigenvalue weighted by molar-refractivity contribution is -0.137. The number of nitrogens with two attached hydrogens (primary N) is 1. The van der Waals surface area contributed by atoms with E-state index in [2.05, 4.69) is 5.32 Å². The van der Waals surface area contributed by atoms with Crippen molar-refractivity contribution in [2.75, 3.05) is 31.2 Å². The Hall–Kier alpha value is -4.13. The summed E-state index contributed by atoms with van der Waals surface area (Å²) in [5.74, 6) is 0.0893. The van der Waals surface area contributed by atoms with Crippen molar-refractivity contribution in [2.45, 2.75) is 31.7 Å². The molecule has 1 atom stereocenters. The molecule has 1 amide bonds. The molecule has 252 valence electrons. The van der Waals surface area contributed by atoms with E-state index in [1.807, 2.05) is 58.0 Å². The third kappa shape index (κ3) is 8.47. The highest BCUT2D eigenvalue weighted by Gasteiger charge is 2.30. The largest absolute Gasteiger partial charge is 0.416 e. The van der Waals surface area contributed by atoms with E-state index in [-0.39, 0.29) is 26.2 Å². The van der Waals surface area contributed by atoms with Crippen LogP contribution in [0.3, 0.4) is 0 Å². The van der Waals surface area contributed by atoms with Gasteiger partial charge >= 0.3 is 6.18 Å². The van der Waals surface area contributed by atoms with E-state index < -0.39 is 23.7 Å². The summed E-state index contributed by atoms with van der Waals surface area (Å²) in [5, 5.41) is 23.1. The molecule has 0 spiro atoms. The zero-order valence-electron chi connectivity index (χ0n) is 25.7. The molecule has 0 bridgehead atoms. The van der Waals surface area contributed by atoms with Gasteiger partial charge in [-0.1, -0.05) is 47.5 Å². The van der Waals surface area contributed by atoms with Crippen molar-refractivity contribution in [2.24, 2.45) is 5.73 Å². The van der Waals surface area contributed by atoms with Gasteiger partial charge in [0.05, 0.1) is 39.9 Å². The van der Waals surface area contributed by atoms with Crippen LogP contribution in [0.1, 0.15) is 34.7 Å². The second kappa shape index (κ2) is 15.4. The minimum Gasteiger partial charge on any atom is -0.395 e. The van der Waals surface area contributed by atoms with Gasteiger partial charge in [-0.3, -0.25) is 4.79 Å². The van der Waals surface area contributed by atoms with Crippen molar-refractivity contribution in [1.29, 1.82) is 0 Å². The van der Waals surface area contributed by atoms with Crippen molar-refractivity contribution in [3.63, 3.8) is 0 Å². The van der Waals surface area contributed by atoms with Crippen molar-refractivity contribution in [3.05, 3.63) is 117 Å². The van der Waals surface area contributed by atoms with Crippen LogP contribution in [-0.4, -0.2) is 52.0 Å².